The maximum atomic E-state index is 12.6. The van der Waals surface area contributed by atoms with Gasteiger partial charge in [-0.3, -0.25) is 0 Å². The fraction of sp³-hybridized carbons (Fsp3) is 1.00. The van der Waals surface area contributed by atoms with Gasteiger partial charge in [-0.05, 0) is 0 Å². The standard InChI is InChI=1S/C6H3F10N/c7-1-17-5(13,14)3(9,10)2(8)4(11,12)6(17,15)16/h2H,1H2. The third-order valence-electron chi connectivity index (χ3n) is 2.24. The second-order valence-electron chi connectivity index (χ2n) is 3.24. The minimum atomic E-state index is -6.15. The van der Waals surface area contributed by atoms with E-state index in [1.54, 1.807) is 0 Å². The molecule has 1 heterocycles. The zero-order valence-electron chi connectivity index (χ0n) is 7.51. The summed E-state index contributed by atoms with van der Waals surface area (Å²) in [6, 6.07) is -12.2. The molecule has 102 valence electrons. The second-order valence-corrected chi connectivity index (χ2v) is 3.24. The van der Waals surface area contributed by atoms with E-state index in [9.17, 15) is 43.9 Å². The number of likely N-dealkylation sites (tertiary alicyclic amines) is 1. The van der Waals surface area contributed by atoms with E-state index in [0.717, 1.165) is 0 Å². The molecule has 0 aromatic heterocycles. The summed E-state index contributed by atoms with van der Waals surface area (Å²) in [5, 5.41) is 0. The first-order valence-electron chi connectivity index (χ1n) is 3.84. The van der Waals surface area contributed by atoms with Crippen LogP contribution in [0.3, 0.4) is 0 Å². The van der Waals surface area contributed by atoms with Crippen molar-refractivity contribution in [1.29, 1.82) is 0 Å². The molecule has 0 radical (unpaired) electrons. The molecule has 0 amide bonds. The van der Waals surface area contributed by atoms with Crippen LogP contribution in [-0.4, -0.2) is 41.8 Å². The van der Waals surface area contributed by atoms with Crippen LogP contribution in [0, 0.1) is 0 Å². The Morgan fingerprint density at radius 2 is 1.06 bits per heavy atom. The fourth-order valence-corrected chi connectivity index (χ4v) is 1.22. The molecule has 1 fully saturated rings. The molecule has 11 heteroatoms. The van der Waals surface area contributed by atoms with E-state index in [2.05, 4.69) is 0 Å². The largest absolute Gasteiger partial charge is 0.377 e. The summed E-state index contributed by atoms with van der Waals surface area (Å²) in [5.41, 5.74) is 0. The van der Waals surface area contributed by atoms with E-state index in [1.807, 2.05) is 0 Å². The molecule has 0 aliphatic carbocycles. The molecule has 1 saturated heterocycles. The number of halogens is 10. The Hall–Kier alpha value is -0.740. The fourth-order valence-electron chi connectivity index (χ4n) is 1.22. The molecule has 0 atom stereocenters. The minimum Gasteiger partial charge on any atom is -0.233 e. The van der Waals surface area contributed by atoms with E-state index >= 15 is 0 Å². The first-order chi connectivity index (χ1) is 7.35. The highest BCUT2D eigenvalue weighted by molar-refractivity contribution is 5.09. The van der Waals surface area contributed by atoms with Crippen molar-refractivity contribution in [2.75, 3.05) is 6.80 Å². The predicted octanol–water partition coefficient (Wildman–Crippen LogP) is 3.02. The number of hydrogen-bond acceptors (Lipinski definition) is 1. The molecule has 1 rings (SSSR count). The van der Waals surface area contributed by atoms with Crippen molar-refractivity contribution in [2.45, 2.75) is 30.1 Å². The summed E-state index contributed by atoms with van der Waals surface area (Å²) in [6.45, 7) is -3.00. The van der Waals surface area contributed by atoms with Gasteiger partial charge in [-0.15, -0.1) is 4.90 Å². The molecule has 0 spiro atoms. The summed E-state index contributed by atoms with van der Waals surface area (Å²) in [5.74, 6) is -12.3. The van der Waals surface area contributed by atoms with Crippen molar-refractivity contribution in [1.82, 2.24) is 4.90 Å². The van der Waals surface area contributed by atoms with Gasteiger partial charge in [-0.25, -0.2) is 8.78 Å². The molecule has 0 aromatic carbocycles. The van der Waals surface area contributed by atoms with Crippen LogP contribution in [0.15, 0.2) is 0 Å². The third-order valence-corrected chi connectivity index (χ3v) is 2.24. The maximum Gasteiger partial charge on any atom is 0.377 e. The van der Waals surface area contributed by atoms with Gasteiger partial charge < -0.3 is 0 Å². The molecule has 17 heavy (non-hydrogen) atoms. The molecule has 1 nitrogen and oxygen atoms in total. The number of alkyl halides is 10. The molecular weight excluding hydrogens is 276 g/mol. The second kappa shape index (κ2) is 3.39. The molecule has 0 N–H and O–H groups in total. The number of rotatable bonds is 1. The summed E-state index contributed by atoms with van der Waals surface area (Å²) < 4.78 is 125. The van der Waals surface area contributed by atoms with Gasteiger partial charge in [-0.2, -0.15) is 35.1 Å². The van der Waals surface area contributed by atoms with E-state index in [1.165, 1.54) is 0 Å². The Labute approximate surface area is 87.0 Å². The molecule has 0 bridgehead atoms. The Morgan fingerprint density at radius 1 is 0.765 bits per heavy atom. The zero-order chi connectivity index (χ0) is 13.9. The first-order valence-corrected chi connectivity index (χ1v) is 3.84. The molecule has 1 aliphatic heterocycles. The van der Waals surface area contributed by atoms with Gasteiger partial charge in [0, 0.05) is 0 Å². The monoisotopic (exact) mass is 279 g/mol. The van der Waals surface area contributed by atoms with Gasteiger partial charge >= 0.3 is 23.9 Å². The summed E-state index contributed by atoms with van der Waals surface area (Å²) >= 11 is 0. The lowest BCUT2D eigenvalue weighted by Gasteiger charge is -2.48. The lowest BCUT2D eigenvalue weighted by atomic mass is 9.96. The smallest absolute Gasteiger partial charge is 0.233 e. The topological polar surface area (TPSA) is 3.24 Å². The van der Waals surface area contributed by atoms with Gasteiger partial charge in [0.25, 0.3) is 0 Å². The summed E-state index contributed by atoms with van der Waals surface area (Å²) in [7, 11) is 0. The quantitative estimate of drug-likeness (QED) is 0.527. The van der Waals surface area contributed by atoms with Crippen LogP contribution in [0.5, 0.6) is 0 Å². The lowest BCUT2D eigenvalue weighted by molar-refractivity contribution is -0.462. The van der Waals surface area contributed by atoms with Crippen LogP contribution in [0.4, 0.5) is 43.9 Å². The summed E-state index contributed by atoms with van der Waals surface area (Å²) in [6.07, 6.45) is -5.14. The van der Waals surface area contributed by atoms with Crippen molar-refractivity contribution in [3.8, 4) is 0 Å². The van der Waals surface area contributed by atoms with Gasteiger partial charge in [-0.1, -0.05) is 0 Å². The highest BCUT2D eigenvalue weighted by Crippen LogP contribution is 2.58. The van der Waals surface area contributed by atoms with E-state index in [4.69, 9.17) is 0 Å². The van der Waals surface area contributed by atoms with Crippen molar-refractivity contribution in [3.05, 3.63) is 0 Å². The average Bonchev–Trinajstić information content (AvgIpc) is 2.14. The van der Waals surface area contributed by atoms with Crippen molar-refractivity contribution >= 4 is 0 Å². The Balaban J connectivity index is 3.43. The van der Waals surface area contributed by atoms with E-state index < -0.39 is 41.8 Å². The molecule has 1 aliphatic rings. The number of hydrogen-bond donors (Lipinski definition) is 0. The van der Waals surface area contributed by atoms with Gasteiger partial charge in [0.1, 0.15) is 0 Å². The number of piperidine rings is 1. The van der Waals surface area contributed by atoms with Crippen molar-refractivity contribution in [3.63, 3.8) is 0 Å². The number of nitrogens with zero attached hydrogens (tertiary/aromatic N) is 1. The molecule has 0 saturated carbocycles. The van der Waals surface area contributed by atoms with Crippen LogP contribution in [-0.2, 0) is 0 Å². The molecular formula is C6H3F10N. The van der Waals surface area contributed by atoms with Gasteiger partial charge in [0.2, 0.25) is 6.17 Å². The van der Waals surface area contributed by atoms with E-state index in [0.29, 0.717) is 0 Å². The highest BCUT2D eigenvalue weighted by Gasteiger charge is 2.86. The minimum absolute atomic E-state index is 2.37. The van der Waals surface area contributed by atoms with Crippen LogP contribution in [0.25, 0.3) is 0 Å². The Bertz CT molecular complexity index is 284. The van der Waals surface area contributed by atoms with Crippen LogP contribution >= 0.6 is 0 Å². The zero-order valence-corrected chi connectivity index (χ0v) is 7.51. The lowest BCUT2D eigenvalue weighted by Crippen LogP contribution is -2.77. The predicted molar refractivity (Wildman–Crippen MR) is 32.5 cm³/mol. The molecule has 0 unspecified atom stereocenters. The first kappa shape index (κ1) is 14.3. The van der Waals surface area contributed by atoms with E-state index in [-0.39, 0.29) is 0 Å². The SMILES string of the molecule is FCN1C(F)(F)C(F)(F)C(F)C(F)(F)C1(F)F. The van der Waals surface area contributed by atoms with Gasteiger partial charge in [0.15, 0.2) is 6.80 Å². The van der Waals surface area contributed by atoms with Crippen LogP contribution in [0.1, 0.15) is 0 Å². The van der Waals surface area contributed by atoms with Crippen molar-refractivity contribution < 1.29 is 43.9 Å². The average molecular weight is 279 g/mol. The highest BCUT2D eigenvalue weighted by atomic mass is 19.3. The Kier molecular flexibility index (Phi) is 2.85. The third kappa shape index (κ3) is 1.43. The van der Waals surface area contributed by atoms with Crippen LogP contribution in [0.2, 0.25) is 0 Å². The van der Waals surface area contributed by atoms with Gasteiger partial charge in [0.05, 0.1) is 0 Å². The Morgan fingerprint density at radius 3 is 1.29 bits per heavy atom. The normalized spacial score (nSPS) is 31.4. The summed E-state index contributed by atoms with van der Waals surface area (Å²) in [4.78, 5) is -2.37. The van der Waals surface area contributed by atoms with Crippen LogP contribution < -0.4 is 0 Å². The van der Waals surface area contributed by atoms with Crippen molar-refractivity contribution in [2.24, 2.45) is 0 Å². The molecule has 0 aromatic rings. The maximum absolute atomic E-state index is 12.6.